The van der Waals surface area contributed by atoms with E-state index in [0.29, 0.717) is 10.2 Å². The van der Waals surface area contributed by atoms with Gasteiger partial charge in [0.1, 0.15) is 11.4 Å². The fraction of sp³-hybridized carbons (Fsp3) is 0.222. The van der Waals surface area contributed by atoms with Crippen molar-refractivity contribution in [3.63, 3.8) is 0 Å². The van der Waals surface area contributed by atoms with Gasteiger partial charge in [0, 0.05) is 4.88 Å². The Morgan fingerprint density at radius 1 is 1.60 bits per heavy atom. The first-order valence-corrected chi connectivity index (χ1v) is 5.05. The van der Waals surface area contributed by atoms with Crippen LogP contribution in [0, 0.1) is 18.3 Å². The van der Waals surface area contributed by atoms with Gasteiger partial charge in [-0.15, -0.1) is 11.3 Å². The summed E-state index contributed by atoms with van der Waals surface area (Å²) in [6.07, 6.45) is 0. The first kappa shape index (κ1) is 9.68. The van der Waals surface area contributed by atoms with Crippen LogP contribution in [-0.4, -0.2) is 9.55 Å². The fourth-order valence-corrected chi connectivity index (χ4v) is 2.28. The highest BCUT2D eigenvalue weighted by molar-refractivity contribution is 7.18. The lowest BCUT2D eigenvalue weighted by Crippen LogP contribution is -2.34. The molecule has 0 unspecified atom stereocenters. The minimum Gasteiger partial charge on any atom is -0.298 e. The third-order valence-corrected chi connectivity index (χ3v) is 2.99. The normalized spacial score (nSPS) is 10.4. The van der Waals surface area contributed by atoms with Gasteiger partial charge >= 0.3 is 5.69 Å². The Morgan fingerprint density at radius 3 is 3.00 bits per heavy atom. The number of hydrogen-bond donors (Lipinski definition) is 1. The number of aryl methyl sites for hydroxylation is 1. The van der Waals surface area contributed by atoms with Gasteiger partial charge in [0.25, 0.3) is 5.56 Å². The third-order valence-electron chi connectivity index (χ3n) is 2.03. The molecule has 2 rings (SSSR count). The van der Waals surface area contributed by atoms with E-state index >= 15 is 0 Å². The summed E-state index contributed by atoms with van der Waals surface area (Å²) in [6, 6.07) is 3.50. The van der Waals surface area contributed by atoms with Gasteiger partial charge < -0.3 is 0 Å². The van der Waals surface area contributed by atoms with Crippen molar-refractivity contribution in [2.75, 3.05) is 0 Å². The van der Waals surface area contributed by atoms with Gasteiger partial charge in [0.15, 0.2) is 0 Å². The molecule has 0 amide bonds. The average Bonchev–Trinajstić information content (AvgIpc) is 2.53. The molecule has 0 radical (unpaired) electrons. The summed E-state index contributed by atoms with van der Waals surface area (Å²) >= 11 is 1.36. The Morgan fingerprint density at radius 2 is 2.33 bits per heavy atom. The fourth-order valence-electron chi connectivity index (χ4n) is 1.38. The molecular weight excluding hydrogens is 214 g/mol. The van der Waals surface area contributed by atoms with E-state index in [4.69, 9.17) is 5.26 Å². The van der Waals surface area contributed by atoms with Crippen molar-refractivity contribution in [2.24, 2.45) is 0 Å². The molecule has 76 valence electrons. The van der Waals surface area contributed by atoms with Crippen LogP contribution in [-0.2, 0) is 6.54 Å². The summed E-state index contributed by atoms with van der Waals surface area (Å²) in [5, 5.41) is 8.95. The lowest BCUT2D eigenvalue weighted by molar-refractivity contribution is 0.737. The van der Waals surface area contributed by atoms with Crippen molar-refractivity contribution in [2.45, 2.75) is 13.5 Å². The highest BCUT2D eigenvalue weighted by Crippen LogP contribution is 2.18. The predicted molar refractivity (Wildman–Crippen MR) is 57.1 cm³/mol. The SMILES string of the molecule is Cc1cc2c(=O)n(CC#N)c(=O)[nH]c2s1. The van der Waals surface area contributed by atoms with Crippen LogP contribution in [0.3, 0.4) is 0 Å². The van der Waals surface area contributed by atoms with Gasteiger partial charge in [-0.05, 0) is 13.0 Å². The number of hydrogen-bond acceptors (Lipinski definition) is 4. The number of nitrogens with one attached hydrogen (secondary N) is 1. The molecule has 2 aromatic rings. The van der Waals surface area contributed by atoms with Crippen LogP contribution >= 0.6 is 11.3 Å². The average molecular weight is 221 g/mol. The second-order valence-corrected chi connectivity index (χ2v) is 4.34. The van der Waals surface area contributed by atoms with Crippen LogP contribution in [0.2, 0.25) is 0 Å². The number of nitrogens with zero attached hydrogens (tertiary/aromatic N) is 2. The summed E-state index contributed by atoms with van der Waals surface area (Å²) < 4.78 is 0.897. The number of nitriles is 1. The molecule has 0 atom stereocenters. The number of H-pyrrole nitrogens is 1. The number of rotatable bonds is 1. The molecule has 0 aliphatic heterocycles. The molecular formula is C9H7N3O2S. The number of thiophene rings is 1. The molecule has 0 saturated heterocycles. The molecule has 0 aliphatic rings. The van der Waals surface area contributed by atoms with Crippen molar-refractivity contribution >= 4 is 21.6 Å². The maximum absolute atomic E-state index is 11.8. The molecule has 0 aliphatic carbocycles. The summed E-state index contributed by atoms with van der Waals surface area (Å²) in [5.74, 6) is 0. The maximum Gasteiger partial charge on any atom is 0.330 e. The van der Waals surface area contributed by atoms with Crippen molar-refractivity contribution in [1.29, 1.82) is 5.26 Å². The van der Waals surface area contributed by atoms with E-state index in [-0.39, 0.29) is 6.54 Å². The van der Waals surface area contributed by atoms with Gasteiger partial charge in [0.2, 0.25) is 0 Å². The van der Waals surface area contributed by atoms with E-state index in [1.165, 1.54) is 11.3 Å². The van der Waals surface area contributed by atoms with Gasteiger partial charge in [0.05, 0.1) is 11.5 Å². The number of aromatic amines is 1. The lowest BCUT2D eigenvalue weighted by Gasteiger charge is -1.97. The van der Waals surface area contributed by atoms with Gasteiger partial charge in [-0.1, -0.05) is 0 Å². The highest BCUT2D eigenvalue weighted by Gasteiger charge is 2.08. The summed E-state index contributed by atoms with van der Waals surface area (Å²) in [7, 11) is 0. The molecule has 2 heterocycles. The lowest BCUT2D eigenvalue weighted by atomic mass is 10.4. The Labute approximate surface area is 88.2 Å². The zero-order valence-corrected chi connectivity index (χ0v) is 8.72. The molecule has 0 aromatic carbocycles. The van der Waals surface area contributed by atoms with Gasteiger partial charge in [-0.25, -0.2) is 9.36 Å². The molecule has 5 nitrogen and oxygen atoms in total. The van der Waals surface area contributed by atoms with Crippen molar-refractivity contribution < 1.29 is 0 Å². The molecule has 15 heavy (non-hydrogen) atoms. The second kappa shape index (κ2) is 3.37. The Balaban J connectivity index is 2.91. The standard InChI is InChI=1S/C9H7N3O2S/c1-5-4-6-7(15-5)11-9(14)12(3-2-10)8(6)13/h4H,3H2,1H3,(H,11,14). The van der Waals surface area contributed by atoms with Gasteiger partial charge in [-0.3, -0.25) is 9.78 Å². The molecule has 6 heteroatoms. The second-order valence-electron chi connectivity index (χ2n) is 3.08. The van der Waals surface area contributed by atoms with Crippen LogP contribution in [0.5, 0.6) is 0 Å². The molecule has 1 N–H and O–H groups in total. The smallest absolute Gasteiger partial charge is 0.298 e. The Kier molecular flexibility index (Phi) is 2.17. The first-order valence-electron chi connectivity index (χ1n) is 4.23. The quantitative estimate of drug-likeness (QED) is 0.765. The summed E-state index contributed by atoms with van der Waals surface area (Å²) in [5.41, 5.74) is -0.935. The van der Waals surface area contributed by atoms with E-state index < -0.39 is 11.2 Å². The minimum atomic E-state index is -0.532. The van der Waals surface area contributed by atoms with E-state index in [2.05, 4.69) is 4.98 Å². The summed E-state index contributed by atoms with van der Waals surface area (Å²) in [6.45, 7) is 1.63. The Bertz CT molecular complexity index is 671. The number of fused-ring (bicyclic) bond motifs is 1. The number of aromatic nitrogens is 2. The third kappa shape index (κ3) is 1.47. The zero-order chi connectivity index (χ0) is 11.0. The van der Waals surface area contributed by atoms with Crippen molar-refractivity contribution in [1.82, 2.24) is 9.55 Å². The first-order chi connectivity index (χ1) is 7.13. The van der Waals surface area contributed by atoms with Crippen LogP contribution in [0.1, 0.15) is 4.88 Å². The van der Waals surface area contributed by atoms with E-state index in [1.807, 2.05) is 6.92 Å². The largest absolute Gasteiger partial charge is 0.330 e. The molecule has 0 saturated carbocycles. The van der Waals surface area contributed by atoms with E-state index in [0.717, 1.165) is 9.44 Å². The summed E-state index contributed by atoms with van der Waals surface area (Å²) in [4.78, 5) is 27.3. The topological polar surface area (TPSA) is 78.7 Å². The molecule has 0 fully saturated rings. The van der Waals surface area contributed by atoms with E-state index in [1.54, 1.807) is 12.1 Å². The monoisotopic (exact) mass is 221 g/mol. The van der Waals surface area contributed by atoms with Crippen LogP contribution < -0.4 is 11.2 Å². The molecule has 0 spiro atoms. The van der Waals surface area contributed by atoms with Crippen molar-refractivity contribution in [3.8, 4) is 6.07 Å². The van der Waals surface area contributed by atoms with Gasteiger partial charge in [-0.2, -0.15) is 5.26 Å². The Hall–Kier alpha value is -1.87. The van der Waals surface area contributed by atoms with Crippen LogP contribution in [0.4, 0.5) is 0 Å². The molecule has 2 aromatic heterocycles. The van der Waals surface area contributed by atoms with Crippen LogP contribution in [0.15, 0.2) is 15.7 Å². The predicted octanol–water partition coefficient (Wildman–Crippen LogP) is 0.583. The molecule has 0 bridgehead atoms. The minimum absolute atomic E-state index is 0.223. The maximum atomic E-state index is 11.8. The van der Waals surface area contributed by atoms with Crippen LogP contribution in [0.25, 0.3) is 10.2 Å². The van der Waals surface area contributed by atoms with Crippen molar-refractivity contribution in [3.05, 3.63) is 31.8 Å². The van der Waals surface area contributed by atoms with E-state index in [9.17, 15) is 9.59 Å². The zero-order valence-electron chi connectivity index (χ0n) is 7.90. The highest BCUT2D eigenvalue weighted by atomic mass is 32.1.